The highest BCUT2D eigenvalue weighted by atomic mass is 32.2. The SMILES string of the molecule is CCN(CCCNC(=O)C1(C)CCCN1)S(C)(=O)=O. The van der Waals surface area contributed by atoms with Crippen molar-refractivity contribution in [3.8, 4) is 0 Å². The summed E-state index contributed by atoms with van der Waals surface area (Å²) in [5.74, 6) is 0.00686. The number of rotatable bonds is 7. The number of nitrogens with one attached hydrogen (secondary N) is 2. The van der Waals surface area contributed by atoms with E-state index >= 15 is 0 Å². The van der Waals surface area contributed by atoms with Crippen molar-refractivity contribution in [2.24, 2.45) is 0 Å². The van der Waals surface area contributed by atoms with Crippen LogP contribution in [0, 0.1) is 0 Å². The maximum Gasteiger partial charge on any atom is 0.240 e. The molecule has 2 N–H and O–H groups in total. The van der Waals surface area contributed by atoms with Gasteiger partial charge >= 0.3 is 0 Å². The Hall–Kier alpha value is -0.660. The summed E-state index contributed by atoms with van der Waals surface area (Å²) in [6.07, 6.45) is 3.70. The number of nitrogens with zero attached hydrogens (tertiary/aromatic N) is 1. The monoisotopic (exact) mass is 291 g/mol. The zero-order valence-corrected chi connectivity index (χ0v) is 12.8. The number of amides is 1. The second-order valence-corrected chi connectivity index (χ2v) is 7.21. The van der Waals surface area contributed by atoms with Crippen LogP contribution in [0.4, 0.5) is 0 Å². The van der Waals surface area contributed by atoms with E-state index in [9.17, 15) is 13.2 Å². The lowest BCUT2D eigenvalue weighted by molar-refractivity contribution is -0.126. The van der Waals surface area contributed by atoms with Crippen LogP contribution in [0.5, 0.6) is 0 Å². The average Bonchev–Trinajstić information content (AvgIpc) is 2.75. The summed E-state index contributed by atoms with van der Waals surface area (Å²) in [6, 6.07) is 0. The van der Waals surface area contributed by atoms with Gasteiger partial charge in [0.15, 0.2) is 0 Å². The molecule has 1 unspecified atom stereocenters. The molecule has 0 aromatic carbocycles. The van der Waals surface area contributed by atoms with E-state index in [1.165, 1.54) is 10.6 Å². The highest BCUT2D eigenvalue weighted by molar-refractivity contribution is 7.88. The third-order valence-corrected chi connectivity index (χ3v) is 4.94. The third-order valence-electron chi connectivity index (χ3n) is 3.56. The molecule has 1 aliphatic rings. The van der Waals surface area contributed by atoms with Crippen molar-refractivity contribution in [3.63, 3.8) is 0 Å². The molecule has 1 rings (SSSR count). The summed E-state index contributed by atoms with van der Waals surface area (Å²) in [4.78, 5) is 12.0. The predicted molar refractivity (Wildman–Crippen MR) is 75.4 cm³/mol. The van der Waals surface area contributed by atoms with E-state index in [4.69, 9.17) is 0 Å². The summed E-state index contributed by atoms with van der Waals surface area (Å²) in [6.45, 7) is 6.00. The van der Waals surface area contributed by atoms with E-state index in [-0.39, 0.29) is 5.91 Å². The molecule has 0 aromatic heterocycles. The van der Waals surface area contributed by atoms with Gasteiger partial charge in [-0.2, -0.15) is 0 Å². The van der Waals surface area contributed by atoms with Gasteiger partial charge in [-0.15, -0.1) is 0 Å². The fourth-order valence-corrected chi connectivity index (χ4v) is 3.23. The minimum absolute atomic E-state index is 0.00686. The zero-order chi connectivity index (χ0) is 14.5. The number of hydrogen-bond acceptors (Lipinski definition) is 4. The Labute approximate surface area is 116 Å². The van der Waals surface area contributed by atoms with E-state index in [0.717, 1.165) is 19.4 Å². The van der Waals surface area contributed by atoms with E-state index in [1.807, 2.05) is 13.8 Å². The molecular formula is C12H25N3O3S. The first-order chi connectivity index (χ1) is 8.79. The second kappa shape index (κ2) is 6.67. The van der Waals surface area contributed by atoms with Gasteiger partial charge in [0.2, 0.25) is 15.9 Å². The van der Waals surface area contributed by atoms with Gasteiger partial charge in [0.1, 0.15) is 0 Å². The predicted octanol–water partition coefficient (Wildman–Crippen LogP) is -0.0837. The Kier molecular flexibility index (Phi) is 5.76. The number of sulfonamides is 1. The highest BCUT2D eigenvalue weighted by Gasteiger charge is 2.35. The molecule has 1 heterocycles. The summed E-state index contributed by atoms with van der Waals surface area (Å²) in [7, 11) is -3.14. The molecule has 0 saturated carbocycles. The van der Waals surface area contributed by atoms with E-state index in [0.29, 0.717) is 26.1 Å². The quantitative estimate of drug-likeness (QED) is 0.643. The molecule has 1 saturated heterocycles. The Bertz CT molecular complexity index is 402. The van der Waals surface area contributed by atoms with E-state index in [2.05, 4.69) is 10.6 Å². The number of hydrogen-bond donors (Lipinski definition) is 2. The van der Waals surface area contributed by atoms with Crippen molar-refractivity contribution in [3.05, 3.63) is 0 Å². The lowest BCUT2D eigenvalue weighted by atomic mass is 9.99. The molecule has 1 amide bonds. The van der Waals surface area contributed by atoms with E-state index < -0.39 is 15.6 Å². The van der Waals surface area contributed by atoms with Crippen molar-refractivity contribution in [2.45, 2.75) is 38.6 Å². The van der Waals surface area contributed by atoms with Crippen LogP contribution in [0.3, 0.4) is 0 Å². The fourth-order valence-electron chi connectivity index (χ4n) is 2.30. The van der Waals surface area contributed by atoms with Crippen LogP contribution < -0.4 is 10.6 Å². The first-order valence-electron chi connectivity index (χ1n) is 6.78. The molecule has 1 fully saturated rings. The highest BCUT2D eigenvalue weighted by Crippen LogP contribution is 2.18. The zero-order valence-electron chi connectivity index (χ0n) is 12.0. The molecule has 7 heteroatoms. The molecule has 112 valence electrons. The van der Waals surface area contributed by atoms with Crippen molar-refractivity contribution in [1.29, 1.82) is 0 Å². The van der Waals surface area contributed by atoms with Gasteiger partial charge < -0.3 is 10.6 Å². The largest absolute Gasteiger partial charge is 0.354 e. The Balaban J connectivity index is 2.29. The standard InChI is InChI=1S/C12H25N3O3S/c1-4-15(19(3,17)18)10-6-8-13-11(16)12(2)7-5-9-14-12/h14H,4-10H2,1-3H3,(H,13,16). The molecule has 0 aromatic rings. The van der Waals surface area contributed by atoms with E-state index in [1.54, 1.807) is 0 Å². The molecular weight excluding hydrogens is 266 g/mol. The first kappa shape index (κ1) is 16.4. The molecule has 0 aliphatic carbocycles. The van der Waals surface area contributed by atoms with Crippen LogP contribution in [0.25, 0.3) is 0 Å². The fraction of sp³-hybridized carbons (Fsp3) is 0.917. The van der Waals surface area contributed by atoms with Crippen molar-refractivity contribution in [1.82, 2.24) is 14.9 Å². The maximum atomic E-state index is 12.0. The van der Waals surface area contributed by atoms with Crippen molar-refractivity contribution >= 4 is 15.9 Å². The van der Waals surface area contributed by atoms with Gasteiger partial charge in [-0.3, -0.25) is 4.79 Å². The van der Waals surface area contributed by atoms with Crippen LogP contribution in [-0.4, -0.2) is 56.6 Å². The Morgan fingerprint density at radius 2 is 2.16 bits per heavy atom. The van der Waals surface area contributed by atoms with Crippen LogP contribution in [0.1, 0.15) is 33.1 Å². The lowest BCUT2D eigenvalue weighted by Crippen LogP contribution is -2.51. The minimum Gasteiger partial charge on any atom is -0.354 e. The second-order valence-electron chi connectivity index (χ2n) is 5.23. The summed E-state index contributed by atoms with van der Waals surface area (Å²) < 4.78 is 24.2. The Morgan fingerprint density at radius 3 is 2.63 bits per heavy atom. The van der Waals surface area contributed by atoms with Gasteiger partial charge in [0.05, 0.1) is 11.8 Å². The molecule has 0 spiro atoms. The summed E-state index contributed by atoms with van der Waals surface area (Å²) in [5.41, 5.74) is -0.457. The molecule has 0 bridgehead atoms. The maximum absolute atomic E-state index is 12.0. The van der Waals surface area contributed by atoms with Crippen molar-refractivity contribution in [2.75, 3.05) is 32.4 Å². The van der Waals surface area contributed by atoms with Gasteiger partial charge in [-0.05, 0) is 32.7 Å². The van der Waals surface area contributed by atoms with Crippen LogP contribution in [0.15, 0.2) is 0 Å². The van der Waals surface area contributed by atoms with Gasteiger partial charge in [0, 0.05) is 19.6 Å². The van der Waals surface area contributed by atoms with Crippen LogP contribution in [0.2, 0.25) is 0 Å². The molecule has 6 nitrogen and oxygen atoms in total. The number of carbonyl (C=O) groups is 1. The van der Waals surface area contributed by atoms with Gasteiger partial charge in [-0.1, -0.05) is 6.92 Å². The van der Waals surface area contributed by atoms with Gasteiger partial charge in [0.25, 0.3) is 0 Å². The molecule has 0 radical (unpaired) electrons. The summed E-state index contributed by atoms with van der Waals surface area (Å²) >= 11 is 0. The normalized spacial score (nSPS) is 23.8. The molecule has 1 atom stereocenters. The van der Waals surface area contributed by atoms with Crippen molar-refractivity contribution < 1.29 is 13.2 Å². The van der Waals surface area contributed by atoms with Crippen LogP contribution >= 0.6 is 0 Å². The topological polar surface area (TPSA) is 78.5 Å². The minimum atomic E-state index is -3.14. The van der Waals surface area contributed by atoms with Crippen LogP contribution in [-0.2, 0) is 14.8 Å². The van der Waals surface area contributed by atoms with Gasteiger partial charge in [-0.25, -0.2) is 12.7 Å². The Morgan fingerprint density at radius 1 is 1.47 bits per heavy atom. The molecule has 1 aliphatic heterocycles. The number of carbonyl (C=O) groups excluding carboxylic acids is 1. The lowest BCUT2D eigenvalue weighted by Gasteiger charge is -2.23. The smallest absolute Gasteiger partial charge is 0.240 e. The summed E-state index contributed by atoms with van der Waals surface area (Å²) in [5, 5.41) is 6.07. The first-order valence-corrected chi connectivity index (χ1v) is 8.63. The third kappa shape index (κ3) is 4.74. The average molecular weight is 291 g/mol. The molecule has 19 heavy (non-hydrogen) atoms.